The molecule has 8 nitrogen and oxygen atoms in total. The van der Waals surface area contributed by atoms with E-state index in [9.17, 15) is 4.79 Å². The molecule has 0 aliphatic carbocycles. The molecule has 186 valence electrons. The highest BCUT2D eigenvalue weighted by molar-refractivity contribution is 5.76. The zero-order valence-electron chi connectivity index (χ0n) is 21.2. The molecular formula is C28H32N6O2. The number of para-hydroxylation sites is 1. The summed E-state index contributed by atoms with van der Waals surface area (Å²) in [4.78, 5) is 17.6. The van der Waals surface area contributed by atoms with E-state index in [4.69, 9.17) is 9.84 Å². The first kappa shape index (κ1) is 23.7. The van der Waals surface area contributed by atoms with Crippen molar-refractivity contribution in [2.24, 2.45) is 0 Å². The van der Waals surface area contributed by atoms with E-state index in [2.05, 4.69) is 51.3 Å². The van der Waals surface area contributed by atoms with Gasteiger partial charge in [-0.25, -0.2) is 9.48 Å². The molecule has 1 N–H and O–H groups in total. The van der Waals surface area contributed by atoms with E-state index in [1.54, 1.807) is 7.11 Å². The number of benzene rings is 2. The van der Waals surface area contributed by atoms with Crippen LogP contribution in [0.25, 0.3) is 11.5 Å². The van der Waals surface area contributed by atoms with E-state index < -0.39 is 0 Å². The molecule has 0 radical (unpaired) electrons. The normalized spacial score (nSPS) is 14.7. The van der Waals surface area contributed by atoms with Gasteiger partial charge in [0.15, 0.2) is 0 Å². The van der Waals surface area contributed by atoms with Crippen LogP contribution in [0, 0.1) is 6.92 Å². The standard InChI is InChI=1S/C28H32N6O2/c1-20-24-19-33(28(35)29-16-18-36-4)26(21-12-14-22(15-13-21)31(2)3)25-11-8-17-32(25)27(24)34(30-20)23-9-6-5-7-10-23/h5-15,17,26H,16,18-19H2,1-4H3,(H,29,35)/t26-/m1/s1. The van der Waals surface area contributed by atoms with Crippen LogP contribution in [0.1, 0.15) is 28.6 Å². The van der Waals surface area contributed by atoms with Crippen molar-refractivity contribution in [2.75, 3.05) is 39.3 Å². The molecule has 2 amide bonds. The smallest absolute Gasteiger partial charge is 0.318 e. The molecule has 0 bridgehead atoms. The molecule has 36 heavy (non-hydrogen) atoms. The van der Waals surface area contributed by atoms with Gasteiger partial charge in [0.1, 0.15) is 5.82 Å². The number of rotatable bonds is 6. The number of aromatic nitrogens is 3. The number of aryl methyl sites for hydroxylation is 1. The van der Waals surface area contributed by atoms with Gasteiger partial charge in [-0.2, -0.15) is 5.10 Å². The topological polar surface area (TPSA) is 67.6 Å². The van der Waals surface area contributed by atoms with Crippen LogP contribution in [0.5, 0.6) is 0 Å². The van der Waals surface area contributed by atoms with Gasteiger partial charge >= 0.3 is 6.03 Å². The molecule has 1 aliphatic heterocycles. The van der Waals surface area contributed by atoms with E-state index in [0.717, 1.165) is 39.7 Å². The monoisotopic (exact) mass is 484 g/mol. The average Bonchev–Trinajstić information content (AvgIpc) is 3.45. The Hall–Kier alpha value is -4.04. The highest BCUT2D eigenvalue weighted by Gasteiger charge is 2.35. The highest BCUT2D eigenvalue weighted by atomic mass is 16.5. The first-order valence-corrected chi connectivity index (χ1v) is 12.1. The van der Waals surface area contributed by atoms with Gasteiger partial charge in [-0.15, -0.1) is 0 Å². The van der Waals surface area contributed by atoms with E-state index in [0.29, 0.717) is 19.7 Å². The summed E-state index contributed by atoms with van der Waals surface area (Å²) in [5.74, 6) is 0.959. The molecule has 0 spiro atoms. The van der Waals surface area contributed by atoms with Crippen molar-refractivity contribution in [3.8, 4) is 11.5 Å². The van der Waals surface area contributed by atoms with Crippen LogP contribution in [0.3, 0.4) is 0 Å². The summed E-state index contributed by atoms with van der Waals surface area (Å²) < 4.78 is 9.32. The summed E-state index contributed by atoms with van der Waals surface area (Å²) in [6.45, 7) is 3.33. The number of hydrogen-bond donors (Lipinski definition) is 1. The van der Waals surface area contributed by atoms with E-state index in [1.807, 2.05) is 67.0 Å². The van der Waals surface area contributed by atoms with Gasteiger partial charge in [0.2, 0.25) is 0 Å². The van der Waals surface area contributed by atoms with Crippen LogP contribution >= 0.6 is 0 Å². The van der Waals surface area contributed by atoms with Crippen molar-refractivity contribution in [3.05, 3.63) is 95.4 Å². The van der Waals surface area contributed by atoms with Crippen molar-refractivity contribution >= 4 is 11.7 Å². The lowest BCUT2D eigenvalue weighted by Gasteiger charge is -2.31. The van der Waals surface area contributed by atoms with Crippen molar-refractivity contribution < 1.29 is 9.53 Å². The molecular weight excluding hydrogens is 452 g/mol. The largest absolute Gasteiger partial charge is 0.383 e. The summed E-state index contributed by atoms with van der Waals surface area (Å²) in [5.41, 5.74) is 6.05. The van der Waals surface area contributed by atoms with Crippen molar-refractivity contribution in [1.82, 2.24) is 24.6 Å². The minimum Gasteiger partial charge on any atom is -0.383 e. The Morgan fingerprint density at radius 3 is 2.53 bits per heavy atom. The Morgan fingerprint density at radius 2 is 1.83 bits per heavy atom. The van der Waals surface area contributed by atoms with Crippen LogP contribution < -0.4 is 10.2 Å². The number of nitrogens with one attached hydrogen (secondary N) is 1. The summed E-state index contributed by atoms with van der Waals surface area (Å²) in [7, 11) is 5.68. The second-order valence-electron chi connectivity index (χ2n) is 9.18. The third kappa shape index (κ3) is 4.24. The number of amides is 2. The fourth-order valence-corrected chi connectivity index (χ4v) is 4.82. The van der Waals surface area contributed by atoms with E-state index in [-0.39, 0.29) is 12.1 Å². The second-order valence-corrected chi connectivity index (χ2v) is 9.18. The summed E-state index contributed by atoms with van der Waals surface area (Å²) >= 11 is 0. The molecule has 4 aromatic rings. The summed E-state index contributed by atoms with van der Waals surface area (Å²) in [5, 5.41) is 7.93. The van der Waals surface area contributed by atoms with Crippen LogP contribution in [-0.4, -0.2) is 59.6 Å². The highest BCUT2D eigenvalue weighted by Crippen LogP contribution is 2.38. The fourth-order valence-electron chi connectivity index (χ4n) is 4.82. The lowest BCUT2D eigenvalue weighted by molar-refractivity contribution is 0.168. The van der Waals surface area contributed by atoms with Gasteiger partial charge < -0.3 is 24.4 Å². The van der Waals surface area contributed by atoms with Gasteiger partial charge in [-0.05, 0) is 48.9 Å². The quantitative estimate of drug-likeness (QED) is 0.415. The van der Waals surface area contributed by atoms with E-state index in [1.165, 1.54) is 0 Å². The van der Waals surface area contributed by atoms with Crippen LogP contribution in [0.2, 0.25) is 0 Å². The lowest BCUT2D eigenvalue weighted by atomic mass is 10.0. The van der Waals surface area contributed by atoms with Crippen molar-refractivity contribution in [1.29, 1.82) is 0 Å². The first-order valence-electron chi connectivity index (χ1n) is 12.1. The van der Waals surface area contributed by atoms with Crippen molar-refractivity contribution in [3.63, 3.8) is 0 Å². The van der Waals surface area contributed by atoms with E-state index >= 15 is 0 Å². The van der Waals surface area contributed by atoms with Gasteiger partial charge in [-0.3, -0.25) is 0 Å². The summed E-state index contributed by atoms with van der Waals surface area (Å²) in [6, 6.07) is 22.2. The minimum atomic E-state index is -0.283. The number of urea groups is 1. The third-order valence-corrected chi connectivity index (χ3v) is 6.66. The molecule has 2 aromatic carbocycles. The SMILES string of the molecule is COCCNC(=O)N1Cc2c(C)nn(-c3ccccc3)c2-n2cccc2[C@H]1c1ccc(N(C)C)cc1. The third-order valence-electron chi connectivity index (χ3n) is 6.66. The number of hydrogen-bond acceptors (Lipinski definition) is 4. The molecule has 0 saturated carbocycles. The molecule has 2 aromatic heterocycles. The van der Waals surface area contributed by atoms with Crippen molar-refractivity contribution in [2.45, 2.75) is 19.5 Å². The Bertz CT molecular complexity index is 1340. The molecule has 0 saturated heterocycles. The minimum absolute atomic E-state index is 0.138. The zero-order chi connectivity index (χ0) is 25.2. The van der Waals surface area contributed by atoms with Crippen LogP contribution in [0.4, 0.5) is 10.5 Å². The van der Waals surface area contributed by atoms with Gasteiger partial charge in [0, 0.05) is 45.2 Å². The number of ether oxygens (including phenoxy) is 1. The number of nitrogens with zero attached hydrogens (tertiary/aromatic N) is 5. The Balaban J connectivity index is 1.67. The van der Waals surface area contributed by atoms with Crippen LogP contribution in [0.15, 0.2) is 72.9 Å². The summed E-state index contributed by atoms with van der Waals surface area (Å²) in [6.07, 6.45) is 2.06. The molecule has 3 heterocycles. The number of fused-ring (bicyclic) bond motifs is 3. The zero-order valence-corrected chi connectivity index (χ0v) is 21.2. The van der Waals surface area contributed by atoms with Gasteiger partial charge in [0.25, 0.3) is 0 Å². The number of anilines is 1. The molecule has 0 unspecified atom stereocenters. The first-order chi connectivity index (χ1) is 17.5. The molecule has 5 rings (SSSR count). The maximum absolute atomic E-state index is 13.6. The fraction of sp³-hybridized carbons (Fsp3) is 0.286. The average molecular weight is 485 g/mol. The van der Waals surface area contributed by atoms with Gasteiger partial charge in [-0.1, -0.05) is 30.3 Å². The maximum Gasteiger partial charge on any atom is 0.318 e. The molecule has 8 heteroatoms. The molecule has 0 fully saturated rings. The Kier molecular flexibility index (Phi) is 6.52. The molecule has 1 aliphatic rings. The predicted octanol–water partition coefficient (Wildman–Crippen LogP) is 4.30. The lowest BCUT2D eigenvalue weighted by Crippen LogP contribution is -2.43. The molecule has 1 atom stereocenters. The Labute approximate surface area is 211 Å². The van der Waals surface area contributed by atoms with Gasteiger partial charge in [0.05, 0.1) is 36.3 Å². The Morgan fingerprint density at radius 1 is 1.08 bits per heavy atom. The van der Waals surface area contributed by atoms with Crippen LogP contribution in [-0.2, 0) is 11.3 Å². The number of carbonyl (C=O) groups is 1. The predicted molar refractivity (Wildman–Crippen MR) is 141 cm³/mol. The number of carbonyl (C=O) groups excluding carboxylic acids is 1. The second kappa shape index (κ2) is 9.91. The number of methoxy groups -OCH3 is 1. The maximum atomic E-state index is 13.6.